The van der Waals surface area contributed by atoms with Crippen molar-refractivity contribution in [1.29, 1.82) is 0 Å². The van der Waals surface area contributed by atoms with Gasteiger partial charge in [0.1, 0.15) is 11.6 Å². The molecule has 2 N–H and O–H groups in total. The third kappa shape index (κ3) is 6.03. The Bertz CT molecular complexity index is 796. The van der Waals surface area contributed by atoms with Crippen molar-refractivity contribution in [2.45, 2.75) is 33.2 Å². The van der Waals surface area contributed by atoms with Crippen LogP contribution >= 0.6 is 0 Å². The molecule has 0 spiro atoms. The minimum Gasteiger partial charge on any atom is -0.379 e. The van der Waals surface area contributed by atoms with Crippen molar-refractivity contribution in [2.24, 2.45) is 4.99 Å². The number of hydrogen-bond acceptors (Lipinski definition) is 5. The number of aliphatic imine (C=N–C) groups is 1. The Hall–Kier alpha value is -2.45. The summed E-state index contributed by atoms with van der Waals surface area (Å²) in [5.74, 6) is 1.40. The molecule has 0 aliphatic carbocycles. The van der Waals surface area contributed by atoms with Crippen molar-refractivity contribution in [3.8, 4) is 0 Å². The second kappa shape index (κ2) is 11.1. The molecule has 2 aromatic rings. The molecule has 0 radical (unpaired) electrons. The lowest BCUT2D eigenvalue weighted by atomic mass is 10.0. The molecule has 1 saturated heterocycles. The Morgan fingerprint density at radius 2 is 1.93 bits per heavy atom. The Labute approximate surface area is 177 Å². The Morgan fingerprint density at radius 1 is 1.20 bits per heavy atom. The zero-order valence-corrected chi connectivity index (χ0v) is 18.1. The van der Waals surface area contributed by atoms with Gasteiger partial charge in [0.05, 0.1) is 31.5 Å². The molecule has 1 aromatic heterocycles. The van der Waals surface area contributed by atoms with Crippen LogP contribution in [0.4, 0.5) is 4.39 Å². The molecular formula is C22H32FN5O2. The number of ether oxygens (including phenoxy) is 1. The summed E-state index contributed by atoms with van der Waals surface area (Å²) in [4.78, 5) is 7.19. The zero-order valence-electron chi connectivity index (χ0n) is 18.1. The summed E-state index contributed by atoms with van der Waals surface area (Å²) in [6.45, 7) is 11.1. The lowest BCUT2D eigenvalue weighted by Gasteiger charge is -2.34. The van der Waals surface area contributed by atoms with E-state index in [1.54, 1.807) is 0 Å². The third-order valence-corrected chi connectivity index (χ3v) is 5.36. The van der Waals surface area contributed by atoms with Gasteiger partial charge < -0.3 is 19.9 Å². The highest BCUT2D eigenvalue weighted by molar-refractivity contribution is 5.79. The molecule has 2 heterocycles. The average Bonchev–Trinajstić information content (AvgIpc) is 3.08. The van der Waals surface area contributed by atoms with Gasteiger partial charge in [-0.15, -0.1) is 0 Å². The lowest BCUT2D eigenvalue weighted by Crippen LogP contribution is -2.42. The summed E-state index contributed by atoms with van der Waals surface area (Å²) in [6.07, 6.45) is 0.816. The van der Waals surface area contributed by atoms with E-state index >= 15 is 0 Å². The number of nitrogens with one attached hydrogen (secondary N) is 2. The Kier molecular flexibility index (Phi) is 8.21. The van der Waals surface area contributed by atoms with Gasteiger partial charge in [0.15, 0.2) is 5.96 Å². The molecule has 1 aliphatic heterocycles. The molecule has 30 heavy (non-hydrogen) atoms. The molecule has 1 unspecified atom stereocenters. The summed E-state index contributed by atoms with van der Waals surface area (Å²) in [5, 5.41) is 10.7. The van der Waals surface area contributed by atoms with Crippen LogP contribution in [0.2, 0.25) is 0 Å². The fourth-order valence-electron chi connectivity index (χ4n) is 3.69. The molecule has 7 nitrogen and oxygen atoms in total. The SMILES string of the molecule is CCNC(=NCC(c1ccc(F)cc1)N1CCOCC1)NCCc1c(C)noc1C. The van der Waals surface area contributed by atoms with Gasteiger partial charge in [-0.3, -0.25) is 9.89 Å². The maximum Gasteiger partial charge on any atom is 0.191 e. The van der Waals surface area contributed by atoms with E-state index in [1.165, 1.54) is 12.1 Å². The first-order valence-electron chi connectivity index (χ1n) is 10.6. The average molecular weight is 418 g/mol. The van der Waals surface area contributed by atoms with Crippen LogP contribution < -0.4 is 10.6 Å². The van der Waals surface area contributed by atoms with Gasteiger partial charge in [-0.1, -0.05) is 17.3 Å². The summed E-state index contributed by atoms with van der Waals surface area (Å²) in [6, 6.07) is 6.80. The van der Waals surface area contributed by atoms with Crippen molar-refractivity contribution in [3.05, 3.63) is 52.7 Å². The van der Waals surface area contributed by atoms with Crippen LogP contribution in [0.5, 0.6) is 0 Å². The van der Waals surface area contributed by atoms with E-state index in [0.717, 1.165) is 61.1 Å². The number of aromatic nitrogens is 1. The molecule has 8 heteroatoms. The first-order valence-corrected chi connectivity index (χ1v) is 10.6. The van der Waals surface area contributed by atoms with Gasteiger partial charge in [0.25, 0.3) is 0 Å². The minimum absolute atomic E-state index is 0.0764. The van der Waals surface area contributed by atoms with E-state index in [9.17, 15) is 4.39 Å². The number of benzene rings is 1. The molecule has 164 valence electrons. The van der Waals surface area contributed by atoms with Crippen molar-refractivity contribution in [1.82, 2.24) is 20.7 Å². The Morgan fingerprint density at radius 3 is 2.57 bits per heavy atom. The maximum absolute atomic E-state index is 13.4. The molecule has 1 atom stereocenters. The molecule has 0 bridgehead atoms. The van der Waals surface area contributed by atoms with Crippen molar-refractivity contribution in [3.63, 3.8) is 0 Å². The fourth-order valence-corrected chi connectivity index (χ4v) is 3.69. The predicted molar refractivity (Wildman–Crippen MR) is 115 cm³/mol. The number of rotatable bonds is 8. The van der Waals surface area contributed by atoms with E-state index in [0.29, 0.717) is 19.8 Å². The number of aryl methyl sites for hydroxylation is 2. The number of halogens is 1. The third-order valence-electron chi connectivity index (χ3n) is 5.36. The minimum atomic E-state index is -0.225. The topological polar surface area (TPSA) is 74.9 Å². The van der Waals surface area contributed by atoms with Gasteiger partial charge in [0.2, 0.25) is 0 Å². The highest BCUT2D eigenvalue weighted by Crippen LogP contribution is 2.22. The van der Waals surface area contributed by atoms with Gasteiger partial charge in [0, 0.05) is 31.7 Å². The van der Waals surface area contributed by atoms with Gasteiger partial charge in [-0.05, 0) is 44.9 Å². The van der Waals surface area contributed by atoms with E-state index in [2.05, 4.69) is 20.7 Å². The molecule has 3 rings (SSSR count). The quantitative estimate of drug-likeness (QED) is 0.508. The van der Waals surface area contributed by atoms with Crippen LogP contribution in [-0.2, 0) is 11.2 Å². The second-order valence-corrected chi connectivity index (χ2v) is 7.41. The van der Waals surface area contributed by atoms with Crippen molar-refractivity contribution < 1.29 is 13.7 Å². The van der Waals surface area contributed by atoms with Crippen molar-refractivity contribution >= 4 is 5.96 Å². The normalized spacial score (nSPS) is 16.5. The van der Waals surface area contributed by atoms with Gasteiger partial charge >= 0.3 is 0 Å². The smallest absolute Gasteiger partial charge is 0.191 e. The zero-order chi connectivity index (χ0) is 21.3. The number of hydrogen-bond donors (Lipinski definition) is 2. The number of nitrogens with zero attached hydrogens (tertiary/aromatic N) is 3. The van der Waals surface area contributed by atoms with E-state index in [1.807, 2.05) is 32.9 Å². The Balaban J connectivity index is 1.67. The second-order valence-electron chi connectivity index (χ2n) is 7.41. The number of morpholine rings is 1. The summed E-state index contributed by atoms with van der Waals surface area (Å²) >= 11 is 0. The van der Waals surface area contributed by atoms with Gasteiger partial charge in [-0.25, -0.2) is 4.39 Å². The molecule has 1 aromatic carbocycles. The lowest BCUT2D eigenvalue weighted by molar-refractivity contribution is 0.0179. The first-order chi connectivity index (χ1) is 14.6. The number of guanidine groups is 1. The van der Waals surface area contributed by atoms with E-state index in [4.69, 9.17) is 14.3 Å². The van der Waals surface area contributed by atoms with Crippen LogP contribution in [0.3, 0.4) is 0 Å². The standard InChI is InChI=1S/C22H32FN5O2/c1-4-24-22(25-10-9-20-16(2)27-30-17(20)3)26-15-21(28-11-13-29-14-12-28)18-5-7-19(23)8-6-18/h5-8,21H,4,9-15H2,1-3H3,(H2,24,25,26). The summed E-state index contributed by atoms with van der Waals surface area (Å²) in [5.41, 5.74) is 3.13. The van der Waals surface area contributed by atoms with Crippen LogP contribution in [0.25, 0.3) is 0 Å². The molecule has 1 aliphatic rings. The highest BCUT2D eigenvalue weighted by atomic mass is 19.1. The fraction of sp³-hybridized carbons (Fsp3) is 0.545. The van der Waals surface area contributed by atoms with Crippen LogP contribution in [0, 0.1) is 19.7 Å². The van der Waals surface area contributed by atoms with Crippen molar-refractivity contribution in [2.75, 3.05) is 45.9 Å². The predicted octanol–water partition coefficient (Wildman–Crippen LogP) is 2.60. The van der Waals surface area contributed by atoms with Crippen LogP contribution in [-0.4, -0.2) is 62.0 Å². The summed E-state index contributed by atoms with van der Waals surface area (Å²) in [7, 11) is 0. The van der Waals surface area contributed by atoms with Crippen LogP contribution in [0.1, 0.15) is 35.5 Å². The largest absolute Gasteiger partial charge is 0.379 e. The summed E-state index contributed by atoms with van der Waals surface area (Å²) < 4.78 is 24.2. The maximum atomic E-state index is 13.4. The molecular weight excluding hydrogens is 385 g/mol. The van der Waals surface area contributed by atoms with E-state index in [-0.39, 0.29) is 11.9 Å². The highest BCUT2D eigenvalue weighted by Gasteiger charge is 2.22. The monoisotopic (exact) mass is 417 g/mol. The van der Waals surface area contributed by atoms with E-state index < -0.39 is 0 Å². The molecule has 0 saturated carbocycles. The van der Waals surface area contributed by atoms with Gasteiger partial charge in [-0.2, -0.15) is 0 Å². The molecule has 0 amide bonds. The molecule has 1 fully saturated rings. The van der Waals surface area contributed by atoms with Crippen LogP contribution in [0.15, 0.2) is 33.8 Å². The first kappa shape index (κ1) is 22.2.